The highest BCUT2D eigenvalue weighted by molar-refractivity contribution is 6.06. The molecule has 2 aromatic heterocycles. The Hall–Kier alpha value is -1.95. The number of fused-ring (bicyclic) bond motifs is 1. The van der Waals surface area contributed by atoms with Crippen molar-refractivity contribution in [3.63, 3.8) is 0 Å². The van der Waals surface area contributed by atoms with Gasteiger partial charge in [0.1, 0.15) is 0 Å². The number of carbonyl (C=O) groups is 1. The zero-order valence-corrected chi connectivity index (χ0v) is 16.7. The van der Waals surface area contributed by atoms with Crippen molar-refractivity contribution in [3.05, 3.63) is 23.0 Å². The summed E-state index contributed by atoms with van der Waals surface area (Å²) in [7, 11) is 0. The smallest absolute Gasteiger partial charge is 0.259 e. The molecular weight excluding hydrogens is 352 g/mol. The number of pyridine rings is 1. The van der Waals surface area contributed by atoms with Crippen LogP contribution in [0.1, 0.15) is 79.5 Å². The first kappa shape index (κ1) is 18.1. The van der Waals surface area contributed by atoms with E-state index in [0.717, 1.165) is 86.4 Å². The van der Waals surface area contributed by atoms with E-state index in [9.17, 15) is 4.79 Å². The Morgan fingerprint density at radius 3 is 2.68 bits per heavy atom. The minimum Gasteiger partial charge on any atom is -0.339 e. The lowest BCUT2D eigenvalue weighted by Crippen LogP contribution is -2.45. The molecule has 2 aromatic rings. The summed E-state index contributed by atoms with van der Waals surface area (Å²) in [5, 5.41) is 8.77. The van der Waals surface area contributed by atoms with Crippen LogP contribution in [0.4, 0.5) is 0 Å². The van der Waals surface area contributed by atoms with Crippen molar-refractivity contribution >= 4 is 17.0 Å². The summed E-state index contributed by atoms with van der Waals surface area (Å²) in [6.07, 6.45) is 8.92. The minimum absolute atomic E-state index is 0.121. The Kier molecular flexibility index (Phi) is 4.83. The molecule has 1 saturated heterocycles. The van der Waals surface area contributed by atoms with Gasteiger partial charge in [0, 0.05) is 30.7 Å². The molecule has 3 heterocycles. The van der Waals surface area contributed by atoms with Gasteiger partial charge >= 0.3 is 0 Å². The second kappa shape index (κ2) is 7.47. The standard InChI is InChI=1S/C22H30N4O2/c1-2-3-18-20-17(12-19(15-6-7-15)24-21(20)28-25-18)22(27)26-10-8-16(9-11-26)23-13-14-4-5-14/h12,14-16,23H,2-11,13H2,1H3. The van der Waals surface area contributed by atoms with E-state index in [1.165, 1.54) is 12.8 Å². The zero-order valence-electron chi connectivity index (χ0n) is 16.7. The van der Waals surface area contributed by atoms with Crippen molar-refractivity contribution in [2.24, 2.45) is 5.92 Å². The lowest BCUT2D eigenvalue weighted by Gasteiger charge is -2.32. The number of rotatable bonds is 7. The second-order valence-electron chi connectivity index (χ2n) is 8.85. The van der Waals surface area contributed by atoms with Crippen LogP contribution in [0.3, 0.4) is 0 Å². The van der Waals surface area contributed by atoms with Gasteiger partial charge in [0.05, 0.1) is 16.6 Å². The molecule has 1 aliphatic heterocycles. The number of aryl methyl sites for hydroxylation is 1. The Morgan fingerprint density at radius 2 is 2.00 bits per heavy atom. The van der Waals surface area contributed by atoms with Crippen molar-refractivity contribution in [3.8, 4) is 0 Å². The molecule has 150 valence electrons. The summed E-state index contributed by atoms with van der Waals surface area (Å²) in [6.45, 7) is 4.90. The highest BCUT2D eigenvalue weighted by atomic mass is 16.5. The molecule has 0 unspecified atom stereocenters. The van der Waals surface area contributed by atoms with E-state index in [1.807, 2.05) is 11.0 Å². The maximum atomic E-state index is 13.5. The number of hydrogen-bond donors (Lipinski definition) is 1. The average molecular weight is 383 g/mol. The van der Waals surface area contributed by atoms with E-state index >= 15 is 0 Å². The Morgan fingerprint density at radius 1 is 1.21 bits per heavy atom. The number of aromatic nitrogens is 2. The number of likely N-dealkylation sites (tertiary alicyclic amines) is 1. The van der Waals surface area contributed by atoms with E-state index in [1.54, 1.807) is 0 Å². The van der Waals surface area contributed by atoms with Crippen LogP contribution in [-0.2, 0) is 6.42 Å². The molecule has 1 amide bonds. The maximum absolute atomic E-state index is 13.5. The van der Waals surface area contributed by atoms with E-state index in [2.05, 4.69) is 22.4 Å². The number of nitrogens with zero attached hydrogens (tertiary/aromatic N) is 3. The van der Waals surface area contributed by atoms with E-state index in [4.69, 9.17) is 4.52 Å². The van der Waals surface area contributed by atoms with Crippen LogP contribution in [0.15, 0.2) is 10.6 Å². The first-order valence-corrected chi connectivity index (χ1v) is 11.0. The Labute approximate surface area is 166 Å². The van der Waals surface area contributed by atoms with Crippen LogP contribution in [-0.4, -0.2) is 46.6 Å². The highest BCUT2D eigenvalue weighted by Crippen LogP contribution is 2.41. The zero-order chi connectivity index (χ0) is 19.1. The molecule has 3 fully saturated rings. The number of carbonyl (C=O) groups excluding carboxylic acids is 1. The number of amides is 1. The van der Waals surface area contributed by atoms with Gasteiger partial charge in [0.25, 0.3) is 11.6 Å². The SMILES string of the molecule is CCCc1noc2nc(C3CC3)cc(C(=O)N3CCC(NCC4CC4)CC3)c12. The Bertz CT molecular complexity index is 861. The van der Waals surface area contributed by atoms with Crippen molar-refractivity contribution < 1.29 is 9.32 Å². The fourth-order valence-electron chi connectivity index (χ4n) is 4.31. The molecule has 2 saturated carbocycles. The highest BCUT2D eigenvalue weighted by Gasteiger charge is 2.31. The summed E-state index contributed by atoms with van der Waals surface area (Å²) in [4.78, 5) is 20.1. The summed E-state index contributed by atoms with van der Waals surface area (Å²) in [5.41, 5.74) is 3.16. The first-order chi connectivity index (χ1) is 13.7. The predicted octanol–water partition coefficient (Wildman–Crippen LogP) is 3.66. The lowest BCUT2D eigenvalue weighted by atomic mass is 10.0. The van der Waals surface area contributed by atoms with Gasteiger partial charge in [-0.25, -0.2) is 4.98 Å². The van der Waals surface area contributed by atoms with Gasteiger partial charge in [-0.1, -0.05) is 18.5 Å². The van der Waals surface area contributed by atoms with Crippen LogP contribution in [0.2, 0.25) is 0 Å². The lowest BCUT2D eigenvalue weighted by molar-refractivity contribution is 0.0706. The Balaban J connectivity index is 1.36. The second-order valence-corrected chi connectivity index (χ2v) is 8.85. The third kappa shape index (κ3) is 3.66. The van der Waals surface area contributed by atoms with E-state index < -0.39 is 0 Å². The van der Waals surface area contributed by atoms with Gasteiger partial charge in [-0.05, 0) is 63.5 Å². The van der Waals surface area contributed by atoms with Gasteiger partial charge in [-0.15, -0.1) is 0 Å². The molecule has 1 N–H and O–H groups in total. The monoisotopic (exact) mass is 382 g/mol. The summed E-state index contributed by atoms with van der Waals surface area (Å²) >= 11 is 0. The topological polar surface area (TPSA) is 71.3 Å². The molecule has 2 aliphatic carbocycles. The maximum Gasteiger partial charge on any atom is 0.259 e. The normalized spacial score (nSPS) is 20.8. The molecular formula is C22H30N4O2. The minimum atomic E-state index is 0.121. The van der Waals surface area contributed by atoms with Gasteiger partial charge in [-0.3, -0.25) is 4.79 Å². The van der Waals surface area contributed by atoms with Gasteiger partial charge in [0.2, 0.25) is 0 Å². The predicted molar refractivity (Wildman–Crippen MR) is 107 cm³/mol. The van der Waals surface area contributed by atoms with Crippen molar-refractivity contribution in [1.29, 1.82) is 0 Å². The van der Waals surface area contributed by atoms with Gasteiger partial charge < -0.3 is 14.7 Å². The molecule has 0 bridgehead atoms. The van der Waals surface area contributed by atoms with Crippen molar-refractivity contribution in [2.75, 3.05) is 19.6 Å². The number of nitrogens with one attached hydrogen (secondary N) is 1. The average Bonchev–Trinajstić information content (AvgIpc) is 3.64. The van der Waals surface area contributed by atoms with Crippen molar-refractivity contribution in [2.45, 2.75) is 70.3 Å². The molecule has 28 heavy (non-hydrogen) atoms. The molecule has 6 heteroatoms. The quantitative estimate of drug-likeness (QED) is 0.791. The fourth-order valence-corrected chi connectivity index (χ4v) is 4.31. The molecule has 0 radical (unpaired) electrons. The van der Waals surface area contributed by atoms with Crippen LogP contribution < -0.4 is 5.32 Å². The fraction of sp³-hybridized carbons (Fsp3) is 0.682. The van der Waals surface area contributed by atoms with Crippen LogP contribution in [0.25, 0.3) is 11.1 Å². The molecule has 5 rings (SSSR count). The van der Waals surface area contributed by atoms with Crippen LogP contribution in [0.5, 0.6) is 0 Å². The van der Waals surface area contributed by atoms with E-state index in [-0.39, 0.29) is 5.91 Å². The largest absolute Gasteiger partial charge is 0.339 e. The number of piperidine rings is 1. The van der Waals surface area contributed by atoms with Gasteiger partial charge in [-0.2, -0.15) is 0 Å². The molecule has 0 spiro atoms. The van der Waals surface area contributed by atoms with E-state index in [0.29, 0.717) is 17.7 Å². The first-order valence-electron chi connectivity index (χ1n) is 11.0. The molecule has 0 aromatic carbocycles. The molecule has 0 atom stereocenters. The third-order valence-electron chi connectivity index (χ3n) is 6.42. The van der Waals surface area contributed by atoms with Crippen LogP contribution in [0, 0.1) is 5.92 Å². The van der Waals surface area contributed by atoms with Crippen LogP contribution >= 0.6 is 0 Å². The summed E-state index contributed by atoms with van der Waals surface area (Å²) < 4.78 is 5.53. The molecule has 3 aliphatic rings. The number of hydrogen-bond acceptors (Lipinski definition) is 5. The third-order valence-corrected chi connectivity index (χ3v) is 6.42. The summed E-state index contributed by atoms with van der Waals surface area (Å²) in [6, 6.07) is 2.58. The summed E-state index contributed by atoms with van der Waals surface area (Å²) in [5.74, 6) is 1.50. The molecule has 6 nitrogen and oxygen atoms in total. The van der Waals surface area contributed by atoms with Gasteiger partial charge in [0.15, 0.2) is 0 Å². The van der Waals surface area contributed by atoms with Crippen molar-refractivity contribution in [1.82, 2.24) is 20.4 Å².